The second-order valence-electron chi connectivity index (χ2n) is 3.33. The lowest BCUT2D eigenvalue weighted by atomic mass is 10.4. The molecule has 3 heteroatoms. The zero-order chi connectivity index (χ0) is 7.07. The van der Waals surface area contributed by atoms with Gasteiger partial charge in [-0.3, -0.25) is 0 Å². The van der Waals surface area contributed by atoms with E-state index in [2.05, 4.69) is 13.3 Å². The highest BCUT2D eigenvalue weighted by Crippen LogP contribution is 2.59. The van der Waals surface area contributed by atoms with E-state index in [1.807, 2.05) is 0 Å². The number of halogens is 2. The molecule has 0 spiro atoms. The average Bonchev–Trinajstić information content (AvgIpc) is 1.79. The Morgan fingerprint density at radius 2 is 1.44 bits per heavy atom. The summed E-state index contributed by atoms with van der Waals surface area (Å²) in [4.78, 5) is 0. The molecule has 0 saturated carbocycles. The molecule has 0 bridgehead atoms. The molecule has 0 N–H and O–H groups in total. The third-order valence-corrected chi connectivity index (χ3v) is 5.97. The summed E-state index contributed by atoms with van der Waals surface area (Å²) in [5.74, 6) is 0. The first-order valence-electron chi connectivity index (χ1n) is 3.11. The lowest BCUT2D eigenvalue weighted by Gasteiger charge is -2.07. The van der Waals surface area contributed by atoms with E-state index in [1.165, 1.54) is 12.3 Å². The van der Waals surface area contributed by atoms with Crippen LogP contribution in [0.4, 0.5) is 0 Å². The average molecular weight is 186 g/mol. The van der Waals surface area contributed by atoms with E-state index in [-0.39, 0.29) is 10.8 Å². The summed E-state index contributed by atoms with van der Waals surface area (Å²) in [6.07, 6.45) is 2.34. The maximum atomic E-state index is 5.94. The normalized spacial score (nSPS) is 41.3. The maximum absolute atomic E-state index is 5.94. The van der Waals surface area contributed by atoms with Crippen LogP contribution in [0, 0.1) is 0 Å². The van der Waals surface area contributed by atoms with Gasteiger partial charge in [0.2, 0.25) is 0 Å². The van der Waals surface area contributed by atoms with Gasteiger partial charge in [-0.25, -0.2) is 0 Å². The molecule has 2 unspecified atom stereocenters. The summed E-state index contributed by atoms with van der Waals surface area (Å²) in [7, 11) is -0.669. The standard InChI is InChI=1S/C6H12Cl2P/c1-9(2)3-5(7)6(8)4-9/h5-6H,3-4H2,1-2H3/q+1. The van der Waals surface area contributed by atoms with Crippen LogP contribution in [0.5, 0.6) is 0 Å². The SMILES string of the molecule is C[P+]1(C)CC(Cl)C(Cl)C1. The van der Waals surface area contributed by atoms with Crippen LogP contribution >= 0.6 is 30.5 Å². The molecule has 0 aromatic rings. The van der Waals surface area contributed by atoms with Crippen molar-refractivity contribution in [3.63, 3.8) is 0 Å². The van der Waals surface area contributed by atoms with E-state index < -0.39 is 7.26 Å². The van der Waals surface area contributed by atoms with Crippen LogP contribution in [0.25, 0.3) is 0 Å². The van der Waals surface area contributed by atoms with Gasteiger partial charge in [0.25, 0.3) is 0 Å². The molecule has 9 heavy (non-hydrogen) atoms. The second-order valence-corrected chi connectivity index (χ2v) is 9.06. The largest absolute Gasteiger partial charge is 0.117 e. The minimum Gasteiger partial charge on any atom is -0.117 e. The number of hydrogen-bond acceptors (Lipinski definition) is 0. The number of alkyl halides is 2. The van der Waals surface area contributed by atoms with Crippen LogP contribution in [-0.4, -0.2) is 36.4 Å². The van der Waals surface area contributed by atoms with Gasteiger partial charge < -0.3 is 0 Å². The Hall–Kier alpha value is 1.01. The molecule has 0 radical (unpaired) electrons. The predicted molar refractivity (Wildman–Crippen MR) is 47.8 cm³/mol. The van der Waals surface area contributed by atoms with Gasteiger partial charge in [0.15, 0.2) is 0 Å². The van der Waals surface area contributed by atoms with Gasteiger partial charge in [-0.2, -0.15) is 0 Å². The zero-order valence-corrected chi connectivity index (χ0v) is 8.18. The van der Waals surface area contributed by atoms with E-state index in [9.17, 15) is 0 Å². The van der Waals surface area contributed by atoms with Crippen molar-refractivity contribution in [2.45, 2.75) is 10.8 Å². The van der Waals surface area contributed by atoms with E-state index in [4.69, 9.17) is 23.2 Å². The van der Waals surface area contributed by atoms with Crippen molar-refractivity contribution in [2.24, 2.45) is 0 Å². The van der Waals surface area contributed by atoms with E-state index in [0.29, 0.717) is 0 Å². The van der Waals surface area contributed by atoms with Crippen LogP contribution in [0.3, 0.4) is 0 Å². The van der Waals surface area contributed by atoms with Crippen molar-refractivity contribution >= 4 is 30.5 Å². The molecule has 0 nitrogen and oxygen atoms in total. The summed E-state index contributed by atoms with van der Waals surface area (Å²) in [6, 6.07) is 0. The molecular weight excluding hydrogens is 174 g/mol. The van der Waals surface area contributed by atoms with Crippen molar-refractivity contribution in [2.75, 3.05) is 25.7 Å². The molecule has 2 atom stereocenters. The van der Waals surface area contributed by atoms with Crippen LogP contribution in [0.1, 0.15) is 0 Å². The summed E-state index contributed by atoms with van der Waals surface area (Å²) in [6.45, 7) is 4.65. The smallest absolute Gasteiger partial charge is 0.0869 e. The molecule has 1 fully saturated rings. The Morgan fingerprint density at radius 1 is 1.11 bits per heavy atom. The van der Waals surface area contributed by atoms with Crippen molar-refractivity contribution < 1.29 is 0 Å². The highest BCUT2D eigenvalue weighted by Gasteiger charge is 2.42. The van der Waals surface area contributed by atoms with Crippen molar-refractivity contribution in [1.82, 2.24) is 0 Å². The summed E-state index contributed by atoms with van der Waals surface area (Å²) in [5, 5.41) is 0.491. The molecule has 1 saturated heterocycles. The van der Waals surface area contributed by atoms with Gasteiger partial charge >= 0.3 is 0 Å². The molecule has 1 aliphatic rings. The van der Waals surface area contributed by atoms with Gasteiger partial charge in [0.1, 0.15) is 0 Å². The maximum Gasteiger partial charge on any atom is 0.0869 e. The molecule has 54 valence electrons. The molecule has 0 aromatic heterocycles. The highest BCUT2D eigenvalue weighted by atomic mass is 35.5. The molecule has 0 aromatic carbocycles. The van der Waals surface area contributed by atoms with Gasteiger partial charge in [0, 0.05) is 20.6 Å². The number of hydrogen-bond donors (Lipinski definition) is 0. The van der Waals surface area contributed by atoms with Gasteiger partial charge in [-0.05, 0) is 0 Å². The Morgan fingerprint density at radius 3 is 1.56 bits per heavy atom. The summed E-state index contributed by atoms with van der Waals surface area (Å²) in [5.41, 5.74) is 0. The Kier molecular flexibility index (Phi) is 2.31. The van der Waals surface area contributed by atoms with Gasteiger partial charge in [-0.1, -0.05) is 0 Å². The van der Waals surface area contributed by atoms with E-state index in [0.717, 1.165) is 0 Å². The fraction of sp³-hybridized carbons (Fsp3) is 1.00. The Labute approximate surface area is 67.2 Å². The number of rotatable bonds is 0. The third-order valence-electron chi connectivity index (χ3n) is 1.73. The second kappa shape index (κ2) is 2.57. The Bertz CT molecular complexity index is 102. The summed E-state index contributed by atoms with van der Waals surface area (Å²) < 4.78 is 0. The fourth-order valence-electron chi connectivity index (χ4n) is 1.25. The minimum atomic E-state index is -0.669. The fourth-order valence-corrected chi connectivity index (χ4v) is 6.46. The lowest BCUT2D eigenvalue weighted by Crippen LogP contribution is -2.09. The molecule has 1 heterocycles. The molecule has 0 aliphatic carbocycles. The first-order valence-corrected chi connectivity index (χ1v) is 7.04. The van der Waals surface area contributed by atoms with Crippen LogP contribution in [0.15, 0.2) is 0 Å². The first kappa shape index (κ1) is 8.11. The quantitative estimate of drug-likeness (QED) is 0.402. The Balaban J connectivity index is 2.54. The zero-order valence-electron chi connectivity index (χ0n) is 5.77. The van der Waals surface area contributed by atoms with Crippen LogP contribution in [-0.2, 0) is 0 Å². The third kappa shape index (κ3) is 1.97. The minimum absolute atomic E-state index is 0.245. The van der Waals surface area contributed by atoms with E-state index >= 15 is 0 Å². The van der Waals surface area contributed by atoms with Crippen molar-refractivity contribution in [3.05, 3.63) is 0 Å². The molecule has 0 amide bonds. The first-order chi connectivity index (χ1) is 4.01. The van der Waals surface area contributed by atoms with Crippen molar-refractivity contribution in [3.8, 4) is 0 Å². The van der Waals surface area contributed by atoms with E-state index in [1.54, 1.807) is 0 Å². The molecular formula is C6H12Cl2P+. The van der Waals surface area contributed by atoms with Gasteiger partial charge in [-0.15, -0.1) is 23.2 Å². The topological polar surface area (TPSA) is 0 Å². The lowest BCUT2D eigenvalue weighted by molar-refractivity contribution is 0.967. The monoisotopic (exact) mass is 185 g/mol. The van der Waals surface area contributed by atoms with Crippen LogP contribution in [0.2, 0.25) is 0 Å². The summed E-state index contributed by atoms with van der Waals surface area (Å²) >= 11 is 11.9. The predicted octanol–water partition coefficient (Wildman–Crippen LogP) is 2.49. The van der Waals surface area contributed by atoms with Crippen LogP contribution < -0.4 is 0 Å². The van der Waals surface area contributed by atoms with Gasteiger partial charge in [0.05, 0.1) is 23.1 Å². The molecule has 1 aliphatic heterocycles. The van der Waals surface area contributed by atoms with Crippen molar-refractivity contribution in [1.29, 1.82) is 0 Å². The molecule has 1 rings (SSSR count). The highest BCUT2D eigenvalue weighted by molar-refractivity contribution is 7.75.